The first-order valence-electron chi connectivity index (χ1n) is 8.24. The number of fused-ring (bicyclic) bond motifs is 1. The van der Waals surface area contributed by atoms with Crippen molar-refractivity contribution in [2.24, 2.45) is 0 Å². The number of rotatable bonds is 4. The molecule has 0 radical (unpaired) electrons. The van der Waals surface area contributed by atoms with Crippen LogP contribution in [-0.2, 0) is 11.2 Å². The second-order valence-corrected chi connectivity index (χ2v) is 5.74. The molecule has 1 atom stereocenters. The highest BCUT2D eigenvalue weighted by Crippen LogP contribution is 2.33. The molecule has 0 aromatic heterocycles. The Labute approximate surface area is 146 Å². The van der Waals surface area contributed by atoms with Crippen molar-refractivity contribution >= 4 is 23.3 Å². The molecule has 0 bridgehead atoms. The van der Waals surface area contributed by atoms with Gasteiger partial charge in [0.25, 0.3) is 0 Å². The minimum absolute atomic E-state index is 0.158. The van der Waals surface area contributed by atoms with Gasteiger partial charge in [-0.3, -0.25) is 9.69 Å². The summed E-state index contributed by atoms with van der Waals surface area (Å²) in [7, 11) is 1.55. The summed E-state index contributed by atoms with van der Waals surface area (Å²) in [6.45, 7) is 2.38. The van der Waals surface area contributed by atoms with Crippen LogP contribution in [0, 0.1) is 0 Å². The maximum Gasteiger partial charge on any atom is 0.327 e. The zero-order valence-corrected chi connectivity index (χ0v) is 14.3. The van der Waals surface area contributed by atoms with Crippen LogP contribution >= 0.6 is 0 Å². The van der Waals surface area contributed by atoms with Gasteiger partial charge in [0.1, 0.15) is 11.8 Å². The van der Waals surface area contributed by atoms with Gasteiger partial charge < -0.3 is 15.4 Å². The number of benzene rings is 2. The van der Waals surface area contributed by atoms with Gasteiger partial charge >= 0.3 is 6.03 Å². The van der Waals surface area contributed by atoms with Gasteiger partial charge in [0, 0.05) is 18.7 Å². The van der Waals surface area contributed by atoms with Crippen molar-refractivity contribution in [2.75, 3.05) is 23.9 Å². The lowest BCUT2D eigenvalue weighted by atomic mass is 10.1. The number of hydrogen-bond acceptors (Lipinski definition) is 3. The molecule has 0 spiro atoms. The normalized spacial score (nSPS) is 15.4. The third-order valence-electron chi connectivity index (χ3n) is 4.20. The van der Waals surface area contributed by atoms with Crippen molar-refractivity contribution in [3.8, 4) is 5.75 Å². The number of hydrogen-bond donors (Lipinski definition) is 2. The number of nitrogens with one attached hydrogen (secondary N) is 2. The van der Waals surface area contributed by atoms with E-state index in [1.807, 2.05) is 43.3 Å². The van der Waals surface area contributed by atoms with Crippen LogP contribution in [0.15, 0.2) is 48.5 Å². The van der Waals surface area contributed by atoms with Crippen LogP contribution in [0.3, 0.4) is 0 Å². The predicted molar refractivity (Wildman–Crippen MR) is 97.1 cm³/mol. The highest BCUT2D eigenvalue weighted by atomic mass is 16.5. The number of para-hydroxylation sites is 3. The van der Waals surface area contributed by atoms with E-state index in [0.29, 0.717) is 24.4 Å². The molecular weight excluding hydrogens is 318 g/mol. The number of carbonyl (C=O) groups is 2. The van der Waals surface area contributed by atoms with E-state index in [9.17, 15) is 9.59 Å². The summed E-state index contributed by atoms with van der Waals surface area (Å²) in [5, 5.41) is 5.66. The van der Waals surface area contributed by atoms with Crippen molar-refractivity contribution < 1.29 is 14.3 Å². The average molecular weight is 339 g/mol. The van der Waals surface area contributed by atoms with E-state index in [1.165, 1.54) is 4.90 Å². The number of likely N-dealkylation sites (N-methyl/N-ethyl adjacent to an activating group) is 1. The summed E-state index contributed by atoms with van der Waals surface area (Å²) in [6.07, 6.45) is 0.501. The number of ether oxygens (including phenoxy) is 1. The van der Waals surface area contributed by atoms with Gasteiger partial charge in [0.15, 0.2) is 0 Å². The minimum atomic E-state index is -0.563. The second-order valence-electron chi connectivity index (χ2n) is 5.74. The molecule has 0 fully saturated rings. The molecule has 1 unspecified atom stereocenters. The van der Waals surface area contributed by atoms with Crippen LogP contribution in [0.5, 0.6) is 5.75 Å². The van der Waals surface area contributed by atoms with E-state index >= 15 is 0 Å². The number of urea groups is 1. The standard InChI is InChI=1S/C19H21N3O3/c1-3-20-18(23)16-12-13-8-4-6-10-15(13)22(16)19(24)21-14-9-5-7-11-17(14)25-2/h4-11,16H,3,12H2,1-2H3,(H,20,23)(H,21,24). The molecule has 3 amide bonds. The summed E-state index contributed by atoms with van der Waals surface area (Å²) in [6, 6.07) is 13.8. The Kier molecular flexibility index (Phi) is 4.88. The zero-order chi connectivity index (χ0) is 17.8. The van der Waals surface area contributed by atoms with Crippen molar-refractivity contribution in [3.05, 3.63) is 54.1 Å². The number of methoxy groups -OCH3 is 1. The molecule has 0 saturated heterocycles. The van der Waals surface area contributed by atoms with Crippen LogP contribution in [0.25, 0.3) is 0 Å². The van der Waals surface area contributed by atoms with Crippen LogP contribution in [0.1, 0.15) is 12.5 Å². The van der Waals surface area contributed by atoms with Crippen LogP contribution in [0.4, 0.5) is 16.2 Å². The Morgan fingerprint density at radius 2 is 1.88 bits per heavy atom. The third kappa shape index (κ3) is 3.28. The average Bonchev–Trinajstić information content (AvgIpc) is 3.02. The van der Waals surface area contributed by atoms with E-state index in [0.717, 1.165) is 11.3 Å². The van der Waals surface area contributed by atoms with Gasteiger partial charge in [-0.1, -0.05) is 30.3 Å². The maximum atomic E-state index is 12.9. The molecule has 130 valence electrons. The molecule has 1 heterocycles. The number of nitrogens with zero attached hydrogens (tertiary/aromatic N) is 1. The highest BCUT2D eigenvalue weighted by molar-refractivity contribution is 6.08. The molecule has 0 aliphatic carbocycles. The highest BCUT2D eigenvalue weighted by Gasteiger charge is 2.38. The molecular formula is C19H21N3O3. The largest absolute Gasteiger partial charge is 0.495 e. The Morgan fingerprint density at radius 3 is 2.64 bits per heavy atom. The Bertz CT molecular complexity index is 791. The third-order valence-corrected chi connectivity index (χ3v) is 4.20. The molecule has 0 saturated carbocycles. The van der Waals surface area contributed by atoms with Gasteiger partial charge in [-0.2, -0.15) is 0 Å². The summed E-state index contributed by atoms with van der Waals surface area (Å²) < 4.78 is 5.28. The molecule has 2 aromatic rings. The summed E-state index contributed by atoms with van der Waals surface area (Å²) in [5.74, 6) is 0.409. The Hall–Kier alpha value is -3.02. The van der Waals surface area contributed by atoms with Crippen molar-refractivity contribution in [1.29, 1.82) is 0 Å². The SMILES string of the molecule is CCNC(=O)C1Cc2ccccc2N1C(=O)Nc1ccccc1OC. The van der Waals surface area contributed by atoms with Crippen molar-refractivity contribution in [2.45, 2.75) is 19.4 Å². The quantitative estimate of drug-likeness (QED) is 0.900. The van der Waals surface area contributed by atoms with E-state index in [1.54, 1.807) is 19.2 Å². The molecule has 1 aliphatic heterocycles. The van der Waals surface area contributed by atoms with Crippen LogP contribution in [-0.4, -0.2) is 31.6 Å². The van der Waals surface area contributed by atoms with Gasteiger partial charge in [-0.05, 0) is 30.7 Å². The number of anilines is 2. The number of carbonyl (C=O) groups excluding carboxylic acids is 2. The molecule has 3 rings (SSSR count). The Morgan fingerprint density at radius 1 is 1.16 bits per heavy atom. The second kappa shape index (κ2) is 7.25. The smallest absolute Gasteiger partial charge is 0.327 e. The fourth-order valence-corrected chi connectivity index (χ4v) is 3.06. The minimum Gasteiger partial charge on any atom is -0.495 e. The summed E-state index contributed by atoms with van der Waals surface area (Å²) in [4.78, 5) is 26.9. The molecule has 6 nitrogen and oxygen atoms in total. The van der Waals surface area contributed by atoms with Crippen molar-refractivity contribution in [3.63, 3.8) is 0 Å². The number of amides is 3. The first-order valence-corrected chi connectivity index (χ1v) is 8.24. The van der Waals surface area contributed by atoms with Gasteiger partial charge in [-0.15, -0.1) is 0 Å². The molecule has 2 aromatic carbocycles. The molecule has 25 heavy (non-hydrogen) atoms. The van der Waals surface area contributed by atoms with E-state index in [4.69, 9.17) is 4.74 Å². The molecule has 1 aliphatic rings. The van der Waals surface area contributed by atoms with Crippen molar-refractivity contribution in [1.82, 2.24) is 5.32 Å². The summed E-state index contributed by atoms with van der Waals surface area (Å²) in [5.41, 5.74) is 2.30. The Balaban J connectivity index is 1.90. The van der Waals surface area contributed by atoms with E-state index < -0.39 is 6.04 Å². The van der Waals surface area contributed by atoms with Crippen LogP contribution < -0.4 is 20.3 Å². The zero-order valence-electron chi connectivity index (χ0n) is 14.3. The first kappa shape index (κ1) is 16.8. The molecule has 6 heteroatoms. The maximum absolute atomic E-state index is 12.9. The topological polar surface area (TPSA) is 70.7 Å². The monoisotopic (exact) mass is 339 g/mol. The van der Waals surface area contributed by atoms with Gasteiger partial charge in [0.2, 0.25) is 5.91 Å². The lowest BCUT2D eigenvalue weighted by Crippen LogP contribution is -2.49. The van der Waals surface area contributed by atoms with Gasteiger partial charge in [0.05, 0.1) is 12.8 Å². The first-order chi connectivity index (χ1) is 12.2. The molecule has 2 N–H and O–H groups in total. The lowest BCUT2D eigenvalue weighted by molar-refractivity contribution is -0.122. The summed E-state index contributed by atoms with van der Waals surface area (Å²) >= 11 is 0. The lowest BCUT2D eigenvalue weighted by Gasteiger charge is -2.25. The van der Waals surface area contributed by atoms with E-state index in [2.05, 4.69) is 10.6 Å². The fraction of sp³-hybridized carbons (Fsp3) is 0.263. The predicted octanol–water partition coefficient (Wildman–Crippen LogP) is 2.79. The van der Waals surface area contributed by atoms with Gasteiger partial charge in [-0.25, -0.2) is 4.79 Å². The van der Waals surface area contributed by atoms with Crippen LogP contribution in [0.2, 0.25) is 0 Å². The fourth-order valence-electron chi connectivity index (χ4n) is 3.06. The van der Waals surface area contributed by atoms with E-state index in [-0.39, 0.29) is 11.9 Å².